The molecule has 0 radical (unpaired) electrons. The predicted octanol–water partition coefficient (Wildman–Crippen LogP) is 3.00. The van der Waals surface area contributed by atoms with E-state index in [1.165, 1.54) is 0 Å². The van der Waals surface area contributed by atoms with E-state index in [1.54, 1.807) is 0 Å². The summed E-state index contributed by atoms with van der Waals surface area (Å²) in [6.07, 6.45) is 0. The second kappa shape index (κ2) is 4.22. The van der Waals surface area contributed by atoms with Gasteiger partial charge in [-0.15, -0.1) is 0 Å². The molecule has 0 saturated heterocycles. The average molecular weight is 283 g/mol. The number of rotatable bonds is 3. The lowest BCUT2D eigenvalue weighted by Gasteiger charge is -2.10. The lowest BCUT2D eigenvalue weighted by atomic mass is 10.1. The molecule has 0 fully saturated rings. The maximum atomic E-state index is 12.7. The van der Waals surface area contributed by atoms with Gasteiger partial charge in [-0.05, 0) is 28.1 Å². The van der Waals surface area contributed by atoms with Crippen LogP contribution in [0.15, 0.2) is 18.2 Å². The molecule has 15 heavy (non-hydrogen) atoms. The minimum atomic E-state index is -3.68. The molecule has 6 heteroatoms. The second-order valence-electron chi connectivity index (χ2n) is 2.67. The predicted molar refractivity (Wildman–Crippen MR) is 51.2 cm³/mol. The molecule has 0 aromatic heterocycles. The van der Waals surface area contributed by atoms with E-state index in [0.29, 0.717) is 0 Å². The molecule has 0 spiro atoms. The van der Waals surface area contributed by atoms with Crippen LogP contribution < -0.4 is 4.74 Å². The summed E-state index contributed by atoms with van der Waals surface area (Å²) in [5.41, 5.74) is -0.374. The van der Waals surface area contributed by atoms with Crippen molar-refractivity contribution >= 4 is 21.7 Å². The van der Waals surface area contributed by atoms with Crippen molar-refractivity contribution in [1.82, 2.24) is 0 Å². The van der Waals surface area contributed by atoms with Crippen LogP contribution in [0.5, 0.6) is 5.75 Å². The SMILES string of the molecule is COc1cc(F)ccc1C(=O)C(F)(F)Br. The molecule has 0 atom stereocenters. The Hall–Kier alpha value is -1.04. The van der Waals surface area contributed by atoms with Gasteiger partial charge in [-0.2, -0.15) is 8.78 Å². The number of carbonyl (C=O) groups is 1. The van der Waals surface area contributed by atoms with Crippen molar-refractivity contribution in [3.63, 3.8) is 0 Å². The highest BCUT2D eigenvalue weighted by Crippen LogP contribution is 2.31. The molecule has 0 heterocycles. The van der Waals surface area contributed by atoms with Crippen molar-refractivity contribution in [3.8, 4) is 5.75 Å². The zero-order valence-electron chi connectivity index (χ0n) is 7.56. The summed E-state index contributed by atoms with van der Waals surface area (Å²) in [5.74, 6) is -2.36. The van der Waals surface area contributed by atoms with Crippen LogP contribution in [0.4, 0.5) is 13.2 Å². The van der Waals surface area contributed by atoms with Gasteiger partial charge in [-0.1, -0.05) is 0 Å². The first kappa shape index (κ1) is 12.0. The molecule has 1 rings (SSSR count). The minimum absolute atomic E-state index is 0.223. The third-order valence-corrected chi connectivity index (χ3v) is 2.03. The Morgan fingerprint density at radius 3 is 2.53 bits per heavy atom. The standard InChI is InChI=1S/C9H6BrF3O2/c1-15-7-4-5(11)2-3-6(7)8(14)9(10,12)13/h2-4H,1H3. The van der Waals surface area contributed by atoms with Gasteiger partial charge in [0, 0.05) is 6.07 Å². The quantitative estimate of drug-likeness (QED) is 0.629. The van der Waals surface area contributed by atoms with E-state index in [-0.39, 0.29) is 11.3 Å². The zero-order chi connectivity index (χ0) is 11.6. The number of carbonyl (C=O) groups excluding carboxylic acids is 1. The molecule has 0 aliphatic carbocycles. The Morgan fingerprint density at radius 2 is 2.07 bits per heavy atom. The number of ether oxygens (including phenoxy) is 1. The molecular weight excluding hydrogens is 277 g/mol. The Bertz CT molecular complexity index is 387. The van der Waals surface area contributed by atoms with Crippen LogP contribution in [0, 0.1) is 5.82 Å². The van der Waals surface area contributed by atoms with E-state index in [4.69, 9.17) is 0 Å². The van der Waals surface area contributed by atoms with E-state index in [9.17, 15) is 18.0 Å². The molecular formula is C9H6BrF3O2. The zero-order valence-corrected chi connectivity index (χ0v) is 9.15. The molecule has 2 nitrogen and oxygen atoms in total. The first-order valence-corrected chi connectivity index (χ1v) is 4.60. The lowest BCUT2D eigenvalue weighted by Crippen LogP contribution is -2.21. The summed E-state index contributed by atoms with van der Waals surface area (Å²) >= 11 is 1.93. The van der Waals surface area contributed by atoms with Gasteiger partial charge in [0.2, 0.25) is 5.78 Å². The van der Waals surface area contributed by atoms with E-state index in [1.807, 2.05) is 15.9 Å². The van der Waals surface area contributed by atoms with E-state index >= 15 is 0 Å². The van der Waals surface area contributed by atoms with Gasteiger partial charge in [0.15, 0.2) is 0 Å². The molecule has 82 valence electrons. The van der Waals surface area contributed by atoms with Crippen molar-refractivity contribution < 1.29 is 22.7 Å². The molecule has 0 aliphatic rings. The summed E-state index contributed by atoms with van der Waals surface area (Å²) < 4.78 is 42.6. The van der Waals surface area contributed by atoms with Crippen LogP contribution in [-0.4, -0.2) is 17.7 Å². The summed E-state index contributed by atoms with van der Waals surface area (Å²) in [6.45, 7) is 0. The number of Topliss-reactive ketones (excluding diaryl/α,β-unsaturated/α-hetero) is 1. The van der Waals surface area contributed by atoms with Gasteiger partial charge >= 0.3 is 4.83 Å². The minimum Gasteiger partial charge on any atom is -0.496 e. The Balaban J connectivity index is 3.20. The highest BCUT2D eigenvalue weighted by molar-refractivity contribution is 9.10. The molecule has 0 amide bonds. The topological polar surface area (TPSA) is 26.3 Å². The van der Waals surface area contributed by atoms with Crippen LogP contribution in [0.3, 0.4) is 0 Å². The summed E-state index contributed by atoms with van der Waals surface area (Å²) in [6, 6.07) is 2.73. The number of benzene rings is 1. The second-order valence-corrected chi connectivity index (χ2v) is 3.67. The van der Waals surface area contributed by atoms with E-state index < -0.39 is 16.4 Å². The molecule has 1 aromatic rings. The van der Waals surface area contributed by atoms with E-state index in [2.05, 4.69) is 4.74 Å². The van der Waals surface area contributed by atoms with Gasteiger partial charge < -0.3 is 4.74 Å². The summed E-state index contributed by atoms with van der Waals surface area (Å²) in [7, 11) is 1.16. The highest BCUT2D eigenvalue weighted by Gasteiger charge is 2.37. The molecule has 0 saturated carbocycles. The number of hydrogen-bond donors (Lipinski definition) is 0. The number of ketones is 1. The van der Waals surface area contributed by atoms with Crippen LogP contribution >= 0.6 is 15.9 Å². The Labute approximate surface area is 92.2 Å². The largest absolute Gasteiger partial charge is 0.496 e. The first-order valence-electron chi connectivity index (χ1n) is 3.81. The maximum Gasteiger partial charge on any atom is 0.363 e. The first-order chi connectivity index (χ1) is 6.86. The number of halogens is 4. The van der Waals surface area contributed by atoms with Crippen molar-refractivity contribution in [2.24, 2.45) is 0 Å². The lowest BCUT2D eigenvalue weighted by molar-refractivity contribution is 0.0589. The average Bonchev–Trinajstić information content (AvgIpc) is 2.15. The summed E-state index contributed by atoms with van der Waals surface area (Å²) in [4.78, 5) is 7.48. The molecule has 0 N–H and O–H groups in total. The van der Waals surface area contributed by atoms with Crippen LogP contribution in [-0.2, 0) is 0 Å². The number of hydrogen-bond acceptors (Lipinski definition) is 2. The molecule has 0 aliphatic heterocycles. The van der Waals surface area contributed by atoms with E-state index in [0.717, 1.165) is 25.3 Å². The fourth-order valence-electron chi connectivity index (χ4n) is 1.01. The van der Waals surface area contributed by atoms with Gasteiger partial charge in [-0.25, -0.2) is 4.39 Å². The van der Waals surface area contributed by atoms with Gasteiger partial charge in [-0.3, -0.25) is 4.79 Å². The van der Waals surface area contributed by atoms with Gasteiger partial charge in [0.05, 0.1) is 12.7 Å². The third kappa shape index (κ3) is 2.71. The van der Waals surface area contributed by atoms with Crippen molar-refractivity contribution in [2.75, 3.05) is 7.11 Å². The van der Waals surface area contributed by atoms with Gasteiger partial charge in [0.1, 0.15) is 11.6 Å². The highest BCUT2D eigenvalue weighted by atomic mass is 79.9. The summed E-state index contributed by atoms with van der Waals surface area (Å²) in [5, 5.41) is 0. The molecule has 0 unspecified atom stereocenters. The van der Waals surface area contributed by atoms with Crippen LogP contribution in [0.2, 0.25) is 0 Å². The third-order valence-electron chi connectivity index (χ3n) is 1.67. The smallest absolute Gasteiger partial charge is 0.363 e. The Kier molecular flexibility index (Phi) is 3.38. The normalized spacial score (nSPS) is 11.3. The molecule has 0 bridgehead atoms. The van der Waals surface area contributed by atoms with Crippen molar-refractivity contribution in [2.45, 2.75) is 4.83 Å². The fourth-order valence-corrected chi connectivity index (χ4v) is 1.22. The monoisotopic (exact) mass is 282 g/mol. The fraction of sp³-hybridized carbons (Fsp3) is 0.222. The van der Waals surface area contributed by atoms with Crippen molar-refractivity contribution in [3.05, 3.63) is 29.6 Å². The van der Waals surface area contributed by atoms with Crippen LogP contribution in [0.25, 0.3) is 0 Å². The Morgan fingerprint density at radius 1 is 1.47 bits per heavy atom. The molecule has 1 aromatic carbocycles. The number of methoxy groups -OCH3 is 1. The number of alkyl halides is 3. The van der Waals surface area contributed by atoms with Crippen LogP contribution in [0.1, 0.15) is 10.4 Å². The maximum absolute atomic E-state index is 12.7. The van der Waals surface area contributed by atoms with Gasteiger partial charge in [0.25, 0.3) is 0 Å². The van der Waals surface area contributed by atoms with Crippen molar-refractivity contribution in [1.29, 1.82) is 0 Å².